The molecule has 84 valence electrons. The van der Waals surface area contributed by atoms with E-state index in [-0.39, 0.29) is 0 Å². The summed E-state index contributed by atoms with van der Waals surface area (Å²) in [5, 5.41) is 12.9. The van der Waals surface area contributed by atoms with Gasteiger partial charge in [0.15, 0.2) is 0 Å². The van der Waals surface area contributed by atoms with E-state index >= 15 is 0 Å². The van der Waals surface area contributed by atoms with Crippen LogP contribution in [0.4, 0.5) is 0 Å². The lowest BCUT2D eigenvalue weighted by molar-refractivity contribution is 0.458. The maximum Gasteiger partial charge on any atom is 0.115 e. The number of aryl methyl sites for hydroxylation is 1. The molecule has 2 unspecified atom stereocenters. The van der Waals surface area contributed by atoms with Gasteiger partial charge in [-0.25, -0.2) is 0 Å². The number of phenols is 1. The molecule has 0 saturated carbocycles. The fourth-order valence-corrected chi connectivity index (χ4v) is 2.36. The molecule has 0 aliphatic heterocycles. The van der Waals surface area contributed by atoms with Crippen molar-refractivity contribution < 1.29 is 5.11 Å². The van der Waals surface area contributed by atoms with Gasteiger partial charge in [0.05, 0.1) is 0 Å². The third-order valence-corrected chi connectivity index (χ3v) is 3.11. The number of terminal acetylenes is 1. The summed E-state index contributed by atoms with van der Waals surface area (Å²) in [5.41, 5.74) is 2.56. The van der Waals surface area contributed by atoms with Gasteiger partial charge in [0.1, 0.15) is 5.75 Å². The number of fused-ring (bicyclic) bond motifs is 1. The molecule has 2 heteroatoms. The molecular weight excluding hydrogens is 198 g/mol. The smallest absolute Gasteiger partial charge is 0.115 e. The van der Waals surface area contributed by atoms with Crippen LogP contribution in [0.1, 0.15) is 36.9 Å². The lowest BCUT2D eigenvalue weighted by Crippen LogP contribution is -2.28. The van der Waals surface area contributed by atoms with Gasteiger partial charge in [-0.2, -0.15) is 0 Å². The highest BCUT2D eigenvalue weighted by molar-refractivity contribution is 5.40. The second-order valence-corrected chi connectivity index (χ2v) is 4.45. The molecule has 2 nitrogen and oxygen atoms in total. The Morgan fingerprint density at radius 2 is 2.44 bits per heavy atom. The first-order valence-electron chi connectivity index (χ1n) is 5.72. The number of nitrogens with one attached hydrogen (secondary N) is 1. The van der Waals surface area contributed by atoms with E-state index in [2.05, 4.69) is 18.2 Å². The number of aromatic hydroxyl groups is 1. The lowest BCUT2D eigenvalue weighted by Gasteiger charge is -2.18. The topological polar surface area (TPSA) is 32.3 Å². The summed E-state index contributed by atoms with van der Waals surface area (Å²) >= 11 is 0. The second kappa shape index (κ2) is 4.59. The van der Waals surface area contributed by atoms with E-state index in [0.29, 0.717) is 17.8 Å². The fourth-order valence-electron chi connectivity index (χ4n) is 2.36. The predicted molar refractivity (Wildman–Crippen MR) is 65.2 cm³/mol. The van der Waals surface area contributed by atoms with Crippen LogP contribution >= 0.6 is 0 Å². The number of rotatable bonds is 3. The zero-order chi connectivity index (χ0) is 11.5. The molecule has 0 bridgehead atoms. The summed E-state index contributed by atoms with van der Waals surface area (Å²) in [6.07, 6.45) is 8.17. The molecule has 2 N–H and O–H groups in total. The molecule has 0 amide bonds. The molecule has 2 rings (SSSR count). The first-order chi connectivity index (χ1) is 7.70. The molecule has 0 radical (unpaired) electrons. The summed E-state index contributed by atoms with van der Waals surface area (Å²) in [6, 6.07) is 6.36. The van der Waals surface area contributed by atoms with Gasteiger partial charge in [-0.1, -0.05) is 6.07 Å². The van der Waals surface area contributed by atoms with Gasteiger partial charge in [0, 0.05) is 18.5 Å². The van der Waals surface area contributed by atoms with Crippen molar-refractivity contribution in [1.82, 2.24) is 5.32 Å². The summed E-state index contributed by atoms with van der Waals surface area (Å²) < 4.78 is 0. The molecule has 0 heterocycles. The van der Waals surface area contributed by atoms with Crippen molar-refractivity contribution in [2.24, 2.45) is 0 Å². The van der Waals surface area contributed by atoms with Gasteiger partial charge in [-0.15, -0.1) is 12.3 Å². The Morgan fingerprint density at radius 1 is 1.62 bits per heavy atom. The summed E-state index contributed by atoms with van der Waals surface area (Å²) in [5.74, 6) is 3.03. The van der Waals surface area contributed by atoms with E-state index in [0.717, 1.165) is 19.3 Å². The first kappa shape index (κ1) is 11.0. The Labute approximate surface area is 96.7 Å². The zero-order valence-electron chi connectivity index (χ0n) is 9.53. The Bertz CT molecular complexity index is 419. The van der Waals surface area contributed by atoms with E-state index in [4.69, 9.17) is 6.42 Å². The van der Waals surface area contributed by atoms with Crippen LogP contribution in [-0.2, 0) is 6.42 Å². The maximum absolute atomic E-state index is 9.40. The van der Waals surface area contributed by atoms with Gasteiger partial charge in [-0.05, 0) is 43.0 Å². The quantitative estimate of drug-likeness (QED) is 0.759. The Balaban J connectivity index is 2.09. The molecule has 1 aliphatic rings. The fraction of sp³-hybridized carbons (Fsp3) is 0.429. The van der Waals surface area contributed by atoms with Crippen molar-refractivity contribution in [2.75, 3.05) is 0 Å². The predicted octanol–water partition coefficient (Wildman–Crippen LogP) is 2.38. The van der Waals surface area contributed by atoms with Crippen LogP contribution in [0.5, 0.6) is 5.75 Å². The molecule has 0 saturated heterocycles. The monoisotopic (exact) mass is 215 g/mol. The molecule has 16 heavy (non-hydrogen) atoms. The van der Waals surface area contributed by atoms with Crippen molar-refractivity contribution in [1.29, 1.82) is 0 Å². The normalized spacial score (nSPS) is 20.1. The van der Waals surface area contributed by atoms with Crippen molar-refractivity contribution in [3.05, 3.63) is 29.3 Å². The van der Waals surface area contributed by atoms with Crippen LogP contribution in [0.2, 0.25) is 0 Å². The Kier molecular flexibility index (Phi) is 3.17. The van der Waals surface area contributed by atoms with Gasteiger partial charge >= 0.3 is 0 Å². The van der Waals surface area contributed by atoms with E-state index in [1.54, 1.807) is 6.07 Å². The number of hydrogen-bond donors (Lipinski definition) is 2. The van der Waals surface area contributed by atoms with Crippen molar-refractivity contribution in [3.8, 4) is 18.1 Å². The molecule has 1 aliphatic carbocycles. The highest BCUT2D eigenvalue weighted by Crippen LogP contribution is 2.33. The number of phenolic OH excluding ortho intramolecular Hbond substituents is 1. The molecule has 1 aromatic carbocycles. The second-order valence-electron chi connectivity index (χ2n) is 4.45. The minimum Gasteiger partial charge on any atom is -0.508 e. The minimum absolute atomic E-state index is 0.342. The average Bonchev–Trinajstić information content (AvgIpc) is 2.61. The van der Waals surface area contributed by atoms with Gasteiger partial charge in [0.25, 0.3) is 0 Å². The first-order valence-corrected chi connectivity index (χ1v) is 5.72. The van der Waals surface area contributed by atoms with E-state index in [1.165, 1.54) is 11.1 Å². The standard InChI is InChI=1S/C14H17NO/c1-3-4-10(2)15-14-8-5-11-9-12(16)6-7-13(11)14/h1,6-7,9-10,14-16H,4-5,8H2,2H3. The molecule has 0 aromatic heterocycles. The highest BCUT2D eigenvalue weighted by Gasteiger charge is 2.23. The largest absolute Gasteiger partial charge is 0.508 e. The number of hydrogen-bond acceptors (Lipinski definition) is 2. The van der Waals surface area contributed by atoms with E-state index in [1.807, 2.05) is 12.1 Å². The maximum atomic E-state index is 9.40. The van der Waals surface area contributed by atoms with Crippen molar-refractivity contribution >= 4 is 0 Å². The summed E-state index contributed by atoms with van der Waals surface area (Å²) in [6.45, 7) is 2.11. The van der Waals surface area contributed by atoms with Crippen LogP contribution in [0, 0.1) is 12.3 Å². The average molecular weight is 215 g/mol. The van der Waals surface area contributed by atoms with Crippen LogP contribution < -0.4 is 5.32 Å². The van der Waals surface area contributed by atoms with E-state index < -0.39 is 0 Å². The lowest BCUT2D eigenvalue weighted by atomic mass is 10.1. The van der Waals surface area contributed by atoms with Gasteiger partial charge in [-0.3, -0.25) is 0 Å². The van der Waals surface area contributed by atoms with Crippen molar-refractivity contribution in [2.45, 2.75) is 38.3 Å². The van der Waals surface area contributed by atoms with Crippen molar-refractivity contribution in [3.63, 3.8) is 0 Å². The number of benzene rings is 1. The molecule has 0 spiro atoms. The molecular formula is C14H17NO. The van der Waals surface area contributed by atoms with Gasteiger partial charge < -0.3 is 10.4 Å². The summed E-state index contributed by atoms with van der Waals surface area (Å²) in [7, 11) is 0. The third-order valence-electron chi connectivity index (χ3n) is 3.11. The zero-order valence-corrected chi connectivity index (χ0v) is 9.53. The third kappa shape index (κ3) is 2.20. The van der Waals surface area contributed by atoms with Crippen LogP contribution in [0.25, 0.3) is 0 Å². The van der Waals surface area contributed by atoms with Crippen LogP contribution in [0.3, 0.4) is 0 Å². The van der Waals surface area contributed by atoms with Crippen LogP contribution in [-0.4, -0.2) is 11.1 Å². The summed E-state index contributed by atoms with van der Waals surface area (Å²) in [4.78, 5) is 0. The Hall–Kier alpha value is -1.46. The van der Waals surface area contributed by atoms with E-state index in [9.17, 15) is 5.11 Å². The van der Waals surface area contributed by atoms with Crippen LogP contribution in [0.15, 0.2) is 18.2 Å². The molecule has 0 fully saturated rings. The Morgan fingerprint density at radius 3 is 3.19 bits per heavy atom. The van der Waals surface area contributed by atoms with Gasteiger partial charge in [0.2, 0.25) is 0 Å². The SMILES string of the molecule is C#CCC(C)NC1CCc2cc(O)ccc21. The highest BCUT2D eigenvalue weighted by atomic mass is 16.3. The molecule has 1 aromatic rings. The molecule has 2 atom stereocenters. The minimum atomic E-state index is 0.342.